The van der Waals surface area contributed by atoms with Crippen LogP contribution in [0.4, 0.5) is 0 Å². The van der Waals surface area contributed by atoms with Gasteiger partial charge in [-0.25, -0.2) is 9.59 Å². The molecule has 1 aliphatic heterocycles. The van der Waals surface area contributed by atoms with Gasteiger partial charge in [-0.05, 0) is 37.6 Å². The van der Waals surface area contributed by atoms with Crippen molar-refractivity contribution in [1.82, 2.24) is 4.90 Å². The van der Waals surface area contributed by atoms with Crippen molar-refractivity contribution < 1.29 is 28.2 Å². The highest BCUT2D eigenvalue weighted by molar-refractivity contribution is 5.91. The molecule has 2 heterocycles. The van der Waals surface area contributed by atoms with Crippen LogP contribution in [0.1, 0.15) is 45.9 Å². The van der Waals surface area contributed by atoms with E-state index in [1.165, 1.54) is 19.4 Å². The predicted octanol–water partition coefficient (Wildman–Crippen LogP) is 3.03. The van der Waals surface area contributed by atoms with Crippen molar-refractivity contribution in [2.45, 2.75) is 39.2 Å². The number of morpholine rings is 1. The van der Waals surface area contributed by atoms with Crippen LogP contribution in [0.2, 0.25) is 0 Å². The van der Waals surface area contributed by atoms with Crippen molar-refractivity contribution in [3.63, 3.8) is 0 Å². The van der Waals surface area contributed by atoms with E-state index in [0.29, 0.717) is 5.56 Å². The lowest BCUT2D eigenvalue weighted by atomic mass is 10.1. The van der Waals surface area contributed by atoms with Crippen LogP contribution in [-0.4, -0.2) is 49.2 Å². The third-order valence-corrected chi connectivity index (χ3v) is 4.58. The Hall–Kier alpha value is -2.64. The summed E-state index contributed by atoms with van der Waals surface area (Å²) < 4.78 is 20.9. The van der Waals surface area contributed by atoms with Crippen molar-refractivity contribution >= 4 is 11.9 Å². The van der Waals surface area contributed by atoms with Gasteiger partial charge in [-0.2, -0.15) is 0 Å². The van der Waals surface area contributed by atoms with Crippen LogP contribution in [-0.2, 0) is 27.4 Å². The zero-order valence-corrected chi connectivity index (χ0v) is 16.3. The van der Waals surface area contributed by atoms with Crippen LogP contribution in [0, 0.1) is 0 Å². The van der Waals surface area contributed by atoms with E-state index in [1.807, 2.05) is 12.1 Å². The summed E-state index contributed by atoms with van der Waals surface area (Å²) in [6.45, 7) is 6.60. The molecule has 0 bridgehead atoms. The first-order chi connectivity index (χ1) is 13.5. The van der Waals surface area contributed by atoms with Gasteiger partial charge in [0.1, 0.15) is 5.56 Å². The summed E-state index contributed by atoms with van der Waals surface area (Å²) in [7, 11) is 1.28. The number of hydrogen-bond acceptors (Lipinski definition) is 7. The van der Waals surface area contributed by atoms with Gasteiger partial charge in [-0.1, -0.05) is 12.1 Å². The molecule has 0 N–H and O–H groups in total. The van der Waals surface area contributed by atoms with Gasteiger partial charge in [0.05, 0.1) is 31.1 Å². The topological polar surface area (TPSA) is 78.2 Å². The number of ether oxygens (including phenoxy) is 3. The molecule has 0 amide bonds. The Morgan fingerprint density at radius 3 is 2.39 bits per heavy atom. The molecule has 150 valence electrons. The third-order valence-electron chi connectivity index (χ3n) is 4.58. The van der Waals surface area contributed by atoms with Crippen molar-refractivity contribution in [1.29, 1.82) is 0 Å². The highest BCUT2D eigenvalue weighted by Crippen LogP contribution is 2.17. The van der Waals surface area contributed by atoms with E-state index in [2.05, 4.69) is 23.5 Å². The Kier molecular flexibility index (Phi) is 6.49. The van der Waals surface area contributed by atoms with Gasteiger partial charge in [0.2, 0.25) is 0 Å². The molecular formula is C21H25NO6. The molecule has 0 spiro atoms. The lowest BCUT2D eigenvalue weighted by Crippen LogP contribution is -2.44. The fourth-order valence-corrected chi connectivity index (χ4v) is 3.38. The quantitative estimate of drug-likeness (QED) is 0.705. The first-order valence-electron chi connectivity index (χ1n) is 9.25. The minimum Gasteiger partial charge on any atom is -0.465 e. The molecule has 7 nitrogen and oxygen atoms in total. The summed E-state index contributed by atoms with van der Waals surface area (Å²) in [6, 6.07) is 8.82. The molecule has 7 heteroatoms. The highest BCUT2D eigenvalue weighted by Gasteiger charge is 2.22. The zero-order valence-electron chi connectivity index (χ0n) is 16.3. The first kappa shape index (κ1) is 20.1. The Morgan fingerprint density at radius 1 is 1.07 bits per heavy atom. The molecule has 2 unspecified atom stereocenters. The SMILES string of the molecule is COC(=O)c1ccoc1COC(=O)c1ccc(CN2CC(C)OC(C)C2)cc1. The number of hydrogen-bond donors (Lipinski definition) is 0. The lowest BCUT2D eigenvalue weighted by molar-refractivity contribution is -0.0704. The molecule has 0 saturated carbocycles. The van der Waals surface area contributed by atoms with E-state index in [9.17, 15) is 9.59 Å². The number of methoxy groups -OCH3 is 1. The van der Waals surface area contributed by atoms with Gasteiger partial charge >= 0.3 is 11.9 Å². The van der Waals surface area contributed by atoms with Crippen molar-refractivity contribution in [3.05, 3.63) is 59.0 Å². The first-order valence-corrected chi connectivity index (χ1v) is 9.25. The molecule has 1 saturated heterocycles. The summed E-state index contributed by atoms with van der Waals surface area (Å²) >= 11 is 0. The van der Waals surface area contributed by atoms with E-state index in [4.69, 9.17) is 13.9 Å². The molecule has 0 radical (unpaired) electrons. The summed E-state index contributed by atoms with van der Waals surface area (Å²) in [4.78, 5) is 26.2. The molecular weight excluding hydrogens is 362 g/mol. The van der Waals surface area contributed by atoms with Crippen molar-refractivity contribution in [3.8, 4) is 0 Å². The number of furan rings is 1. The van der Waals surface area contributed by atoms with E-state index in [1.54, 1.807) is 12.1 Å². The van der Waals surface area contributed by atoms with E-state index in [0.717, 1.165) is 25.2 Å². The van der Waals surface area contributed by atoms with Crippen LogP contribution in [0.25, 0.3) is 0 Å². The number of benzene rings is 1. The van der Waals surface area contributed by atoms with Crippen LogP contribution in [0.5, 0.6) is 0 Å². The van der Waals surface area contributed by atoms with Crippen molar-refractivity contribution in [2.24, 2.45) is 0 Å². The standard InChI is InChI=1S/C21H25NO6/c1-14-10-22(11-15(2)28-14)12-16-4-6-17(7-5-16)20(23)27-13-19-18(8-9-26-19)21(24)25-3/h4-9,14-15H,10-13H2,1-3H3. The molecule has 0 aliphatic carbocycles. The maximum atomic E-state index is 12.3. The highest BCUT2D eigenvalue weighted by atomic mass is 16.5. The number of carbonyl (C=O) groups excluding carboxylic acids is 2. The van der Waals surface area contributed by atoms with E-state index < -0.39 is 11.9 Å². The third kappa shape index (κ3) is 4.99. The average molecular weight is 387 g/mol. The smallest absolute Gasteiger partial charge is 0.341 e. The fraction of sp³-hybridized carbons (Fsp3) is 0.429. The lowest BCUT2D eigenvalue weighted by Gasteiger charge is -2.35. The summed E-state index contributed by atoms with van der Waals surface area (Å²) in [6.07, 6.45) is 1.79. The number of esters is 2. The number of nitrogens with zero attached hydrogens (tertiary/aromatic N) is 1. The molecule has 3 rings (SSSR count). The van der Waals surface area contributed by atoms with Gasteiger partial charge < -0.3 is 18.6 Å². The summed E-state index contributed by atoms with van der Waals surface area (Å²) in [5, 5.41) is 0. The minimum atomic E-state index is -0.532. The maximum Gasteiger partial charge on any atom is 0.341 e. The van der Waals surface area contributed by atoms with Crippen LogP contribution in [0.3, 0.4) is 0 Å². The predicted molar refractivity (Wildman–Crippen MR) is 101 cm³/mol. The average Bonchev–Trinajstić information content (AvgIpc) is 3.14. The Bertz CT molecular complexity index is 803. The minimum absolute atomic E-state index is 0.137. The zero-order chi connectivity index (χ0) is 20.1. The van der Waals surface area contributed by atoms with Gasteiger partial charge in [0.15, 0.2) is 12.4 Å². The monoisotopic (exact) mass is 387 g/mol. The number of rotatable bonds is 6. The van der Waals surface area contributed by atoms with Crippen molar-refractivity contribution in [2.75, 3.05) is 20.2 Å². The Morgan fingerprint density at radius 2 is 1.75 bits per heavy atom. The summed E-state index contributed by atoms with van der Waals surface area (Å²) in [5.74, 6) is -0.754. The van der Waals surface area contributed by atoms with E-state index in [-0.39, 0.29) is 30.1 Å². The Balaban J connectivity index is 1.55. The molecule has 1 aromatic heterocycles. The molecule has 2 atom stereocenters. The molecule has 1 aliphatic rings. The number of carbonyl (C=O) groups is 2. The normalized spacial score (nSPS) is 20.0. The van der Waals surface area contributed by atoms with Gasteiger partial charge in [-0.15, -0.1) is 0 Å². The molecule has 1 aromatic carbocycles. The Labute approximate surface area is 164 Å². The fourth-order valence-electron chi connectivity index (χ4n) is 3.38. The second kappa shape index (κ2) is 9.03. The molecule has 1 fully saturated rings. The van der Waals surface area contributed by atoms with Crippen LogP contribution in [0.15, 0.2) is 41.0 Å². The summed E-state index contributed by atoms with van der Waals surface area (Å²) in [5.41, 5.74) is 1.81. The largest absolute Gasteiger partial charge is 0.465 e. The molecule has 28 heavy (non-hydrogen) atoms. The van der Waals surface area contributed by atoms with E-state index >= 15 is 0 Å². The molecule has 2 aromatic rings. The van der Waals surface area contributed by atoms with Gasteiger partial charge in [0.25, 0.3) is 0 Å². The van der Waals surface area contributed by atoms with Gasteiger partial charge in [-0.3, -0.25) is 4.90 Å². The maximum absolute atomic E-state index is 12.3. The van der Waals surface area contributed by atoms with Crippen LogP contribution >= 0.6 is 0 Å². The second-order valence-electron chi connectivity index (χ2n) is 6.97. The second-order valence-corrected chi connectivity index (χ2v) is 6.97. The van der Waals surface area contributed by atoms with Gasteiger partial charge in [0, 0.05) is 19.6 Å². The van der Waals surface area contributed by atoms with Crippen LogP contribution < -0.4 is 0 Å².